The first-order valence-corrected chi connectivity index (χ1v) is 8.64. The van der Waals surface area contributed by atoms with E-state index in [2.05, 4.69) is 37.9 Å². The molecule has 1 atom stereocenters. The van der Waals surface area contributed by atoms with Crippen molar-refractivity contribution in [3.8, 4) is 0 Å². The highest BCUT2D eigenvalue weighted by Crippen LogP contribution is 2.24. The molecule has 0 amide bonds. The van der Waals surface area contributed by atoms with Crippen LogP contribution in [0.4, 0.5) is 0 Å². The lowest BCUT2D eigenvalue weighted by Gasteiger charge is -2.33. The Morgan fingerprint density at radius 1 is 1.16 bits per heavy atom. The lowest BCUT2D eigenvalue weighted by molar-refractivity contribution is 0.167. The van der Waals surface area contributed by atoms with E-state index in [1.807, 2.05) is 0 Å². The normalized spacial score (nSPS) is 18.6. The van der Waals surface area contributed by atoms with Crippen LogP contribution in [0.2, 0.25) is 0 Å². The molecule has 0 heterocycles. The third kappa shape index (κ3) is 6.76. The van der Waals surface area contributed by atoms with E-state index < -0.39 is 0 Å². The summed E-state index contributed by atoms with van der Waals surface area (Å²) in [6.45, 7) is 13.0. The van der Waals surface area contributed by atoms with Crippen LogP contribution in [0.5, 0.6) is 0 Å². The topological polar surface area (TPSA) is 15.3 Å². The smallest absolute Gasteiger partial charge is 0.0192 e. The van der Waals surface area contributed by atoms with Crippen molar-refractivity contribution in [1.29, 1.82) is 0 Å². The lowest BCUT2D eigenvalue weighted by Crippen LogP contribution is -2.45. The Labute approximate surface area is 121 Å². The molecule has 0 aromatic rings. The van der Waals surface area contributed by atoms with Crippen LogP contribution in [0.15, 0.2) is 0 Å². The van der Waals surface area contributed by atoms with Gasteiger partial charge < -0.3 is 5.32 Å². The molecule has 0 bridgehead atoms. The van der Waals surface area contributed by atoms with Crippen LogP contribution < -0.4 is 5.32 Å². The molecule has 0 spiro atoms. The van der Waals surface area contributed by atoms with E-state index in [0.717, 1.165) is 12.0 Å². The molecule has 1 saturated carbocycles. The average molecular weight is 268 g/mol. The predicted molar refractivity (Wildman–Crippen MR) is 85.7 cm³/mol. The van der Waals surface area contributed by atoms with Crippen LogP contribution in [-0.4, -0.2) is 36.6 Å². The fourth-order valence-corrected chi connectivity index (χ4v) is 3.09. The molecule has 1 aliphatic carbocycles. The summed E-state index contributed by atoms with van der Waals surface area (Å²) in [6.07, 6.45) is 9.60. The Hall–Kier alpha value is -0.0800. The van der Waals surface area contributed by atoms with Crippen molar-refractivity contribution in [3.05, 3.63) is 0 Å². The van der Waals surface area contributed by atoms with Crippen LogP contribution in [0.3, 0.4) is 0 Å². The minimum absolute atomic E-state index is 0.688. The summed E-state index contributed by atoms with van der Waals surface area (Å²) in [5.41, 5.74) is 0. The Morgan fingerprint density at radius 2 is 1.84 bits per heavy atom. The van der Waals surface area contributed by atoms with E-state index in [4.69, 9.17) is 0 Å². The van der Waals surface area contributed by atoms with Gasteiger partial charge in [0.25, 0.3) is 0 Å². The maximum absolute atomic E-state index is 3.72. The van der Waals surface area contributed by atoms with Gasteiger partial charge in [-0.15, -0.1) is 0 Å². The van der Waals surface area contributed by atoms with Gasteiger partial charge in [-0.05, 0) is 51.1 Å². The molecule has 114 valence electrons. The molecule has 0 aromatic heterocycles. The first-order chi connectivity index (χ1) is 9.17. The zero-order chi connectivity index (χ0) is 14.1. The number of hydrogen-bond donors (Lipinski definition) is 1. The molecular weight excluding hydrogens is 232 g/mol. The fourth-order valence-electron chi connectivity index (χ4n) is 3.09. The third-order valence-electron chi connectivity index (χ3n) is 4.47. The molecule has 19 heavy (non-hydrogen) atoms. The Morgan fingerprint density at radius 3 is 2.37 bits per heavy atom. The minimum atomic E-state index is 0.688. The predicted octanol–water partition coefficient (Wildman–Crippen LogP) is 4.06. The first kappa shape index (κ1) is 17.0. The molecule has 0 saturated heterocycles. The van der Waals surface area contributed by atoms with Crippen LogP contribution in [0.1, 0.15) is 72.6 Å². The summed E-state index contributed by atoms with van der Waals surface area (Å²) in [4.78, 5) is 2.80. The van der Waals surface area contributed by atoms with Crippen LogP contribution in [0.25, 0.3) is 0 Å². The van der Waals surface area contributed by atoms with Gasteiger partial charge in [0.2, 0.25) is 0 Å². The summed E-state index contributed by atoms with van der Waals surface area (Å²) in [5.74, 6) is 0.826. The van der Waals surface area contributed by atoms with E-state index in [1.165, 1.54) is 64.6 Å². The summed E-state index contributed by atoms with van der Waals surface area (Å²) in [7, 11) is 0. The number of hydrogen-bond acceptors (Lipinski definition) is 2. The molecule has 0 radical (unpaired) electrons. The third-order valence-corrected chi connectivity index (χ3v) is 4.47. The van der Waals surface area contributed by atoms with Gasteiger partial charge in [0.1, 0.15) is 0 Å². The van der Waals surface area contributed by atoms with Crippen LogP contribution in [0, 0.1) is 5.92 Å². The summed E-state index contributed by atoms with van der Waals surface area (Å²) < 4.78 is 0. The average Bonchev–Trinajstić information content (AvgIpc) is 2.91. The second-order valence-corrected chi connectivity index (χ2v) is 6.68. The fraction of sp³-hybridized carbons (Fsp3) is 1.00. The van der Waals surface area contributed by atoms with E-state index in [-0.39, 0.29) is 0 Å². The van der Waals surface area contributed by atoms with E-state index in [9.17, 15) is 0 Å². The van der Waals surface area contributed by atoms with Gasteiger partial charge >= 0.3 is 0 Å². The summed E-state index contributed by atoms with van der Waals surface area (Å²) >= 11 is 0. The highest BCUT2D eigenvalue weighted by atomic mass is 15.2. The molecule has 1 unspecified atom stereocenters. The van der Waals surface area contributed by atoms with Gasteiger partial charge in [0.05, 0.1) is 0 Å². The largest absolute Gasteiger partial charge is 0.313 e. The van der Waals surface area contributed by atoms with Crippen molar-refractivity contribution in [2.45, 2.75) is 84.7 Å². The molecular formula is C17H36N2. The van der Waals surface area contributed by atoms with Crippen molar-refractivity contribution >= 4 is 0 Å². The van der Waals surface area contributed by atoms with Crippen molar-refractivity contribution in [2.75, 3.05) is 19.6 Å². The van der Waals surface area contributed by atoms with Crippen LogP contribution in [-0.2, 0) is 0 Å². The molecule has 0 aromatic carbocycles. The highest BCUT2D eigenvalue weighted by molar-refractivity contribution is 4.81. The molecule has 1 N–H and O–H groups in total. The molecule has 1 fully saturated rings. The first-order valence-electron chi connectivity index (χ1n) is 8.64. The zero-order valence-electron chi connectivity index (χ0n) is 13.8. The quantitative estimate of drug-likeness (QED) is 0.643. The summed E-state index contributed by atoms with van der Waals surface area (Å²) in [5, 5.41) is 3.72. The van der Waals surface area contributed by atoms with Gasteiger partial charge in [0, 0.05) is 18.6 Å². The minimum Gasteiger partial charge on any atom is -0.313 e. The monoisotopic (exact) mass is 268 g/mol. The number of nitrogens with zero attached hydrogens (tertiary/aromatic N) is 1. The van der Waals surface area contributed by atoms with Crippen molar-refractivity contribution in [3.63, 3.8) is 0 Å². The highest BCUT2D eigenvalue weighted by Gasteiger charge is 2.24. The lowest BCUT2D eigenvalue weighted by atomic mass is 10.1. The second-order valence-electron chi connectivity index (χ2n) is 6.68. The molecule has 0 aliphatic heterocycles. The second kappa shape index (κ2) is 9.77. The van der Waals surface area contributed by atoms with Gasteiger partial charge in [-0.3, -0.25) is 4.90 Å². The van der Waals surface area contributed by atoms with E-state index in [1.54, 1.807) is 0 Å². The van der Waals surface area contributed by atoms with E-state index >= 15 is 0 Å². The maximum Gasteiger partial charge on any atom is 0.0192 e. The Balaban J connectivity index is 2.45. The van der Waals surface area contributed by atoms with Crippen molar-refractivity contribution < 1.29 is 0 Å². The van der Waals surface area contributed by atoms with Crippen molar-refractivity contribution in [2.24, 2.45) is 5.92 Å². The Bertz CT molecular complexity index is 209. The molecule has 2 heteroatoms. The molecule has 1 aliphatic rings. The standard InChI is InChI=1S/C17H36N2/c1-5-12-18-16(6-2)14-19(13-11-15(3)4)17-9-7-8-10-17/h15-18H,5-14H2,1-4H3. The molecule has 2 nitrogen and oxygen atoms in total. The number of nitrogens with one attached hydrogen (secondary N) is 1. The summed E-state index contributed by atoms with van der Waals surface area (Å²) in [6, 6.07) is 1.56. The Kier molecular flexibility index (Phi) is 8.72. The maximum atomic E-state index is 3.72. The number of rotatable bonds is 10. The van der Waals surface area contributed by atoms with Gasteiger partial charge in [-0.1, -0.05) is 40.5 Å². The van der Waals surface area contributed by atoms with Gasteiger partial charge in [-0.25, -0.2) is 0 Å². The van der Waals surface area contributed by atoms with Gasteiger partial charge in [0.15, 0.2) is 0 Å². The van der Waals surface area contributed by atoms with Crippen LogP contribution >= 0.6 is 0 Å². The van der Waals surface area contributed by atoms with E-state index in [0.29, 0.717) is 6.04 Å². The van der Waals surface area contributed by atoms with Crippen molar-refractivity contribution in [1.82, 2.24) is 10.2 Å². The van der Waals surface area contributed by atoms with Gasteiger partial charge in [-0.2, -0.15) is 0 Å². The SMILES string of the molecule is CCCNC(CC)CN(CCC(C)C)C1CCCC1. The molecule has 1 rings (SSSR count). The zero-order valence-corrected chi connectivity index (χ0v) is 13.8.